The van der Waals surface area contributed by atoms with Gasteiger partial charge in [-0.2, -0.15) is 5.26 Å². The second-order valence-corrected chi connectivity index (χ2v) is 11.7. The third-order valence-electron chi connectivity index (χ3n) is 9.16. The Balaban J connectivity index is 1.30. The van der Waals surface area contributed by atoms with Crippen LogP contribution in [0.3, 0.4) is 0 Å². The number of benzene rings is 7. The van der Waals surface area contributed by atoms with Crippen molar-refractivity contribution in [2.75, 3.05) is 0 Å². The first kappa shape index (κ1) is 26.1. The van der Waals surface area contributed by atoms with Gasteiger partial charge in [0.1, 0.15) is 0 Å². The molecule has 0 aliphatic heterocycles. The van der Waals surface area contributed by atoms with Crippen molar-refractivity contribution in [3.63, 3.8) is 0 Å². The van der Waals surface area contributed by atoms with Gasteiger partial charge in [-0.25, -0.2) is 0 Å². The molecule has 0 atom stereocenters. The van der Waals surface area contributed by atoms with Gasteiger partial charge in [0.05, 0.1) is 33.7 Å². The van der Waals surface area contributed by atoms with Gasteiger partial charge in [-0.15, -0.1) is 0 Å². The molecule has 2 aromatic heterocycles. The predicted octanol–water partition coefficient (Wildman–Crippen LogP) is 11.1. The highest BCUT2D eigenvalue weighted by Gasteiger charge is 2.17. The van der Waals surface area contributed by atoms with E-state index in [-0.39, 0.29) is 0 Å². The van der Waals surface area contributed by atoms with E-state index in [0.717, 1.165) is 33.6 Å². The lowest BCUT2D eigenvalue weighted by molar-refractivity contribution is 1.17. The summed E-state index contributed by atoms with van der Waals surface area (Å²) in [4.78, 5) is 0. The van der Waals surface area contributed by atoms with E-state index in [0.29, 0.717) is 5.56 Å². The van der Waals surface area contributed by atoms with E-state index < -0.39 is 0 Å². The van der Waals surface area contributed by atoms with E-state index in [1.165, 1.54) is 43.6 Å². The van der Waals surface area contributed by atoms with Crippen molar-refractivity contribution in [3.05, 3.63) is 169 Å². The van der Waals surface area contributed by atoms with Crippen LogP contribution in [0, 0.1) is 11.3 Å². The van der Waals surface area contributed by atoms with E-state index in [1.54, 1.807) is 0 Å². The lowest BCUT2D eigenvalue weighted by atomic mass is 9.93. The van der Waals surface area contributed by atoms with E-state index in [4.69, 9.17) is 0 Å². The Hall–Kier alpha value is -6.37. The molecule has 2 heterocycles. The van der Waals surface area contributed by atoms with Crippen LogP contribution in [0.5, 0.6) is 0 Å². The van der Waals surface area contributed by atoms with Crippen LogP contribution < -0.4 is 0 Å². The van der Waals surface area contributed by atoms with Crippen molar-refractivity contribution in [2.24, 2.45) is 0 Å². The normalized spacial score (nSPS) is 11.5. The van der Waals surface area contributed by atoms with Crippen molar-refractivity contribution >= 4 is 43.6 Å². The molecule has 0 aliphatic rings. The van der Waals surface area contributed by atoms with Crippen LogP contribution >= 0.6 is 0 Å². The average Bonchev–Trinajstić information content (AvgIpc) is 3.65. The highest BCUT2D eigenvalue weighted by Crippen LogP contribution is 2.39. The summed E-state index contributed by atoms with van der Waals surface area (Å²) in [5, 5.41) is 14.4. The molecule has 3 nitrogen and oxygen atoms in total. The maximum atomic E-state index is 9.46. The molecular weight excluding hydrogens is 558 g/mol. The zero-order valence-corrected chi connectivity index (χ0v) is 24.9. The lowest BCUT2D eigenvalue weighted by Crippen LogP contribution is -1.97. The molecule has 0 spiro atoms. The summed E-state index contributed by atoms with van der Waals surface area (Å²) >= 11 is 0. The van der Waals surface area contributed by atoms with Gasteiger partial charge in [-0.3, -0.25) is 0 Å². The molecule has 0 fully saturated rings. The van der Waals surface area contributed by atoms with Gasteiger partial charge in [0, 0.05) is 32.9 Å². The molecule has 0 amide bonds. The zero-order valence-electron chi connectivity index (χ0n) is 24.9. The van der Waals surface area contributed by atoms with Crippen LogP contribution in [0.25, 0.3) is 77.2 Å². The quantitative estimate of drug-likeness (QED) is 0.202. The summed E-state index contributed by atoms with van der Waals surface area (Å²) in [6.07, 6.45) is 0. The summed E-state index contributed by atoms with van der Waals surface area (Å²) in [7, 11) is 0. The van der Waals surface area contributed by atoms with E-state index in [1.807, 2.05) is 24.3 Å². The topological polar surface area (TPSA) is 33.6 Å². The maximum Gasteiger partial charge on any atom is 0.0991 e. The first-order chi connectivity index (χ1) is 22.8. The van der Waals surface area contributed by atoms with E-state index in [2.05, 4.69) is 155 Å². The Morgan fingerprint density at radius 2 is 0.848 bits per heavy atom. The first-order valence-electron chi connectivity index (χ1n) is 15.5. The Bertz CT molecular complexity index is 2540. The minimum atomic E-state index is 0.653. The number of para-hydroxylation sites is 4. The predicted molar refractivity (Wildman–Crippen MR) is 191 cm³/mol. The molecule has 9 aromatic rings. The van der Waals surface area contributed by atoms with Gasteiger partial charge >= 0.3 is 0 Å². The minimum Gasteiger partial charge on any atom is -0.309 e. The largest absolute Gasteiger partial charge is 0.309 e. The molecule has 0 bridgehead atoms. The Labute approximate surface area is 266 Å². The first-order valence-corrected chi connectivity index (χ1v) is 15.5. The van der Waals surface area contributed by atoms with Gasteiger partial charge in [-0.05, 0) is 82.9 Å². The fraction of sp³-hybridized carbons (Fsp3) is 0. The average molecular weight is 586 g/mol. The molecule has 0 saturated heterocycles. The number of nitriles is 1. The minimum absolute atomic E-state index is 0.653. The highest BCUT2D eigenvalue weighted by molar-refractivity contribution is 6.10. The Morgan fingerprint density at radius 3 is 1.35 bits per heavy atom. The summed E-state index contributed by atoms with van der Waals surface area (Å²) in [5.41, 5.74) is 12.1. The summed E-state index contributed by atoms with van der Waals surface area (Å²) in [6, 6.07) is 60.3. The summed E-state index contributed by atoms with van der Waals surface area (Å²) < 4.78 is 4.74. The number of aromatic nitrogens is 2. The zero-order chi connectivity index (χ0) is 30.6. The van der Waals surface area contributed by atoms with Crippen molar-refractivity contribution in [1.82, 2.24) is 9.13 Å². The number of hydrogen-bond donors (Lipinski definition) is 0. The van der Waals surface area contributed by atoms with E-state index >= 15 is 0 Å². The molecule has 9 rings (SSSR count). The molecule has 214 valence electrons. The fourth-order valence-electron chi connectivity index (χ4n) is 7.10. The highest BCUT2D eigenvalue weighted by atomic mass is 15.0. The van der Waals surface area contributed by atoms with Crippen LogP contribution in [0.4, 0.5) is 0 Å². The Morgan fingerprint density at radius 1 is 0.370 bits per heavy atom. The SMILES string of the molecule is N#Cc1ccc(-c2ccc(-n3c4ccccc4c4ccccc43)cc2-c2cccc(-n3c4ccccc4c4ccccc43)c2)cc1. The fourth-order valence-corrected chi connectivity index (χ4v) is 7.10. The van der Waals surface area contributed by atoms with Gasteiger partial charge in [-0.1, -0.05) is 103 Å². The van der Waals surface area contributed by atoms with Crippen LogP contribution in [0.1, 0.15) is 5.56 Å². The van der Waals surface area contributed by atoms with Crippen LogP contribution in [0.2, 0.25) is 0 Å². The third-order valence-corrected chi connectivity index (χ3v) is 9.16. The number of fused-ring (bicyclic) bond motifs is 6. The van der Waals surface area contributed by atoms with Crippen LogP contribution in [-0.4, -0.2) is 9.13 Å². The molecule has 0 aliphatic carbocycles. The van der Waals surface area contributed by atoms with Gasteiger partial charge < -0.3 is 9.13 Å². The van der Waals surface area contributed by atoms with E-state index in [9.17, 15) is 5.26 Å². The maximum absolute atomic E-state index is 9.46. The third kappa shape index (κ3) is 3.98. The number of rotatable bonds is 4. The monoisotopic (exact) mass is 585 g/mol. The Kier molecular flexibility index (Phi) is 5.88. The van der Waals surface area contributed by atoms with Gasteiger partial charge in [0.2, 0.25) is 0 Å². The molecule has 3 heteroatoms. The smallest absolute Gasteiger partial charge is 0.0991 e. The second kappa shape index (κ2) is 10.4. The molecule has 0 radical (unpaired) electrons. The molecular formula is C43H27N3. The van der Waals surface area contributed by atoms with Crippen molar-refractivity contribution in [2.45, 2.75) is 0 Å². The molecule has 0 N–H and O–H groups in total. The van der Waals surface area contributed by atoms with Crippen molar-refractivity contribution < 1.29 is 0 Å². The molecule has 0 saturated carbocycles. The standard InChI is InChI=1S/C43H27N3/c44-28-29-20-22-30(23-21-29)34-25-24-33(46-42-18-7-3-14-37(42)38-15-4-8-19-43(38)46)27-39(34)31-10-9-11-32(26-31)45-40-16-5-1-12-35(40)36-13-2-6-17-41(36)45/h1-27H. The van der Waals surface area contributed by atoms with Crippen molar-refractivity contribution in [1.29, 1.82) is 5.26 Å². The van der Waals surface area contributed by atoms with Crippen LogP contribution in [0.15, 0.2) is 164 Å². The number of nitrogens with zero attached hydrogens (tertiary/aromatic N) is 3. The van der Waals surface area contributed by atoms with Gasteiger partial charge in [0.15, 0.2) is 0 Å². The molecule has 0 unspecified atom stereocenters. The number of hydrogen-bond acceptors (Lipinski definition) is 1. The molecule has 7 aromatic carbocycles. The second-order valence-electron chi connectivity index (χ2n) is 11.7. The van der Waals surface area contributed by atoms with Gasteiger partial charge in [0.25, 0.3) is 0 Å². The molecule has 46 heavy (non-hydrogen) atoms. The van der Waals surface area contributed by atoms with Crippen LogP contribution in [-0.2, 0) is 0 Å². The summed E-state index contributed by atoms with van der Waals surface area (Å²) in [5.74, 6) is 0. The van der Waals surface area contributed by atoms with Crippen molar-refractivity contribution in [3.8, 4) is 39.7 Å². The summed E-state index contributed by atoms with van der Waals surface area (Å²) in [6.45, 7) is 0. The lowest BCUT2D eigenvalue weighted by Gasteiger charge is -2.16.